The second-order valence-electron chi connectivity index (χ2n) is 10.9. The molecule has 1 aromatic rings. The monoisotopic (exact) mass is 431 g/mol. The molecule has 2 fully saturated rings. The molecule has 1 aromatic carbocycles. The van der Waals surface area contributed by atoms with E-state index in [2.05, 4.69) is 19.1 Å². The van der Waals surface area contributed by atoms with Gasteiger partial charge in [0.05, 0.1) is 23.3 Å². The summed E-state index contributed by atoms with van der Waals surface area (Å²) >= 11 is 0. The number of rotatable bonds is 3. The van der Waals surface area contributed by atoms with Crippen molar-refractivity contribution < 1.29 is 23.6 Å². The third-order valence-corrected chi connectivity index (χ3v) is 6.70. The normalized spacial score (nSPS) is 28.0. The summed E-state index contributed by atoms with van der Waals surface area (Å²) < 4.78 is 23.9. The number of ether oxygens (including phenoxy) is 2. The Labute approximate surface area is 187 Å². The lowest BCUT2D eigenvalue weighted by molar-refractivity contribution is -0.0416. The van der Waals surface area contributed by atoms with Gasteiger partial charge in [-0.15, -0.1) is 0 Å². The van der Waals surface area contributed by atoms with Crippen molar-refractivity contribution in [1.82, 2.24) is 4.90 Å². The minimum absolute atomic E-state index is 0.0733. The quantitative estimate of drug-likeness (QED) is 0.668. The summed E-state index contributed by atoms with van der Waals surface area (Å²) in [4.78, 5) is 14.9. The van der Waals surface area contributed by atoms with Crippen LogP contribution in [0.1, 0.15) is 73.4 Å². The summed E-state index contributed by atoms with van der Waals surface area (Å²) in [6.45, 7) is 16.6. The van der Waals surface area contributed by atoms with Crippen molar-refractivity contribution in [2.75, 3.05) is 13.7 Å². The number of amides is 1. The van der Waals surface area contributed by atoms with E-state index in [4.69, 9.17) is 18.8 Å². The van der Waals surface area contributed by atoms with Crippen LogP contribution in [0.2, 0.25) is 0 Å². The van der Waals surface area contributed by atoms with Gasteiger partial charge in [-0.1, -0.05) is 31.2 Å². The maximum Gasteiger partial charge on any atom is 0.494 e. The molecule has 2 aliphatic heterocycles. The van der Waals surface area contributed by atoms with Crippen LogP contribution < -0.4 is 5.46 Å². The second kappa shape index (κ2) is 8.41. The zero-order valence-corrected chi connectivity index (χ0v) is 20.5. The average Bonchev–Trinajstić information content (AvgIpc) is 2.87. The van der Waals surface area contributed by atoms with Gasteiger partial charge in [0.1, 0.15) is 5.60 Å². The summed E-state index contributed by atoms with van der Waals surface area (Å²) in [6, 6.07) is 8.02. The minimum Gasteiger partial charge on any atom is -0.444 e. The molecule has 2 aliphatic rings. The van der Waals surface area contributed by atoms with Gasteiger partial charge in [-0.2, -0.15) is 0 Å². The standard InChI is InChI=1S/C24H38BNO5/c1-16-15-26(21(27)29-22(2,3)4)19(14-20(16)28-9)17-11-10-12-18(13-17)25-30-23(5,6)24(7,8)31-25/h10-13,16,19-20H,14-15H2,1-9H3/t16-,19-,20?/m1/s1. The van der Waals surface area contributed by atoms with E-state index in [0.29, 0.717) is 13.0 Å². The SMILES string of the molecule is COC1C[C@H](c2cccc(B3OC(C)(C)C(C)(C)O3)c2)N(C(=O)OC(C)(C)C)C[C@H]1C. The summed E-state index contributed by atoms with van der Waals surface area (Å²) in [5.41, 5.74) is 0.628. The Balaban J connectivity index is 1.91. The van der Waals surface area contributed by atoms with Crippen molar-refractivity contribution in [3.8, 4) is 0 Å². The van der Waals surface area contributed by atoms with Crippen molar-refractivity contribution in [2.24, 2.45) is 5.92 Å². The molecule has 0 radical (unpaired) electrons. The maximum absolute atomic E-state index is 13.1. The van der Waals surface area contributed by atoms with Crippen LogP contribution in [0.15, 0.2) is 24.3 Å². The van der Waals surface area contributed by atoms with Gasteiger partial charge in [-0.3, -0.25) is 0 Å². The second-order valence-corrected chi connectivity index (χ2v) is 10.9. The topological polar surface area (TPSA) is 57.2 Å². The van der Waals surface area contributed by atoms with Gasteiger partial charge >= 0.3 is 13.2 Å². The Morgan fingerprint density at radius 1 is 1.16 bits per heavy atom. The molecule has 1 amide bonds. The van der Waals surface area contributed by atoms with Crippen LogP contribution in [-0.2, 0) is 18.8 Å². The van der Waals surface area contributed by atoms with Gasteiger partial charge in [0, 0.05) is 19.6 Å². The van der Waals surface area contributed by atoms with Crippen LogP contribution in [0.5, 0.6) is 0 Å². The number of carbonyl (C=O) groups is 1. The lowest BCUT2D eigenvalue weighted by Gasteiger charge is -2.43. The molecule has 3 rings (SSSR count). The fourth-order valence-corrected chi connectivity index (χ4v) is 4.19. The molecule has 0 bridgehead atoms. The van der Waals surface area contributed by atoms with Crippen LogP contribution in [0.4, 0.5) is 4.79 Å². The molecule has 0 aromatic heterocycles. The van der Waals surface area contributed by atoms with E-state index in [0.717, 1.165) is 11.0 Å². The molecule has 3 atom stereocenters. The van der Waals surface area contributed by atoms with E-state index in [-0.39, 0.29) is 24.2 Å². The lowest BCUT2D eigenvalue weighted by atomic mass is 9.77. The number of benzene rings is 1. The van der Waals surface area contributed by atoms with E-state index < -0.39 is 23.9 Å². The predicted octanol–water partition coefficient (Wildman–Crippen LogP) is 4.32. The smallest absolute Gasteiger partial charge is 0.444 e. The first-order valence-electron chi connectivity index (χ1n) is 11.2. The first-order valence-corrected chi connectivity index (χ1v) is 11.2. The number of methoxy groups -OCH3 is 1. The number of carbonyl (C=O) groups excluding carboxylic acids is 1. The summed E-state index contributed by atoms with van der Waals surface area (Å²) in [6.07, 6.45) is 0.494. The molecule has 6 nitrogen and oxygen atoms in total. The zero-order valence-electron chi connectivity index (χ0n) is 20.5. The molecule has 0 spiro atoms. The van der Waals surface area contributed by atoms with Crippen LogP contribution in [-0.4, -0.2) is 54.7 Å². The highest BCUT2D eigenvalue weighted by Crippen LogP contribution is 2.38. The van der Waals surface area contributed by atoms with Gasteiger partial charge < -0.3 is 23.7 Å². The van der Waals surface area contributed by atoms with Gasteiger partial charge in [0.25, 0.3) is 0 Å². The molecule has 7 heteroatoms. The summed E-state index contributed by atoms with van der Waals surface area (Å²) in [5, 5.41) is 0. The van der Waals surface area contributed by atoms with Gasteiger partial charge in [0.15, 0.2) is 0 Å². The Morgan fingerprint density at radius 2 is 1.77 bits per heavy atom. The third-order valence-electron chi connectivity index (χ3n) is 6.70. The molecular weight excluding hydrogens is 393 g/mol. The van der Waals surface area contributed by atoms with Gasteiger partial charge in [-0.05, 0) is 65.9 Å². The molecule has 2 saturated heterocycles. The van der Waals surface area contributed by atoms with Crippen LogP contribution in [0.3, 0.4) is 0 Å². The van der Waals surface area contributed by atoms with E-state index in [1.165, 1.54) is 0 Å². The number of hydrogen-bond donors (Lipinski definition) is 0. The summed E-state index contributed by atoms with van der Waals surface area (Å²) in [5.74, 6) is 0.222. The van der Waals surface area contributed by atoms with Crippen LogP contribution in [0, 0.1) is 5.92 Å². The van der Waals surface area contributed by atoms with Crippen molar-refractivity contribution in [3.63, 3.8) is 0 Å². The van der Waals surface area contributed by atoms with Crippen molar-refractivity contribution in [3.05, 3.63) is 29.8 Å². The Kier molecular flexibility index (Phi) is 6.54. The fraction of sp³-hybridized carbons (Fsp3) is 0.708. The Hall–Kier alpha value is -1.57. The van der Waals surface area contributed by atoms with E-state index in [1.54, 1.807) is 7.11 Å². The molecule has 2 heterocycles. The van der Waals surface area contributed by atoms with Crippen molar-refractivity contribution in [2.45, 2.75) is 90.8 Å². The molecule has 0 saturated carbocycles. The fourth-order valence-electron chi connectivity index (χ4n) is 4.19. The number of hydrogen-bond acceptors (Lipinski definition) is 5. The average molecular weight is 431 g/mol. The minimum atomic E-state index is -0.548. The predicted molar refractivity (Wildman–Crippen MR) is 122 cm³/mol. The number of likely N-dealkylation sites (tertiary alicyclic amines) is 1. The summed E-state index contributed by atoms with van der Waals surface area (Å²) in [7, 11) is 1.29. The van der Waals surface area contributed by atoms with Crippen LogP contribution >= 0.6 is 0 Å². The van der Waals surface area contributed by atoms with E-state index in [1.807, 2.05) is 65.5 Å². The largest absolute Gasteiger partial charge is 0.494 e. The maximum atomic E-state index is 13.1. The van der Waals surface area contributed by atoms with Crippen molar-refractivity contribution in [1.29, 1.82) is 0 Å². The Bertz CT molecular complexity index is 787. The number of piperidine rings is 1. The first-order chi connectivity index (χ1) is 14.2. The van der Waals surface area contributed by atoms with Gasteiger partial charge in [-0.25, -0.2) is 4.79 Å². The van der Waals surface area contributed by atoms with Crippen LogP contribution in [0.25, 0.3) is 0 Å². The molecular formula is C24H38BNO5. The Morgan fingerprint density at radius 3 is 2.32 bits per heavy atom. The van der Waals surface area contributed by atoms with Gasteiger partial charge in [0.2, 0.25) is 0 Å². The van der Waals surface area contributed by atoms with E-state index in [9.17, 15) is 4.79 Å². The lowest BCUT2D eigenvalue weighted by Crippen LogP contribution is -2.49. The van der Waals surface area contributed by atoms with Crippen molar-refractivity contribution >= 4 is 18.7 Å². The molecule has 1 unspecified atom stereocenters. The highest BCUT2D eigenvalue weighted by atomic mass is 16.7. The molecule has 0 aliphatic carbocycles. The number of nitrogens with zero attached hydrogens (tertiary/aromatic N) is 1. The highest BCUT2D eigenvalue weighted by molar-refractivity contribution is 6.62. The first kappa shape index (κ1) is 24.1. The molecule has 172 valence electrons. The molecule has 0 N–H and O–H groups in total. The zero-order chi connectivity index (χ0) is 23.2. The third kappa shape index (κ3) is 5.10. The van der Waals surface area contributed by atoms with E-state index >= 15 is 0 Å². The highest BCUT2D eigenvalue weighted by Gasteiger charge is 2.52. The molecule has 31 heavy (non-hydrogen) atoms.